The minimum absolute atomic E-state index is 0.00518. The molecule has 0 fully saturated rings. The van der Waals surface area contributed by atoms with Crippen molar-refractivity contribution in [2.24, 2.45) is 0 Å². The Hall–Kier alpha value is -6.91. The number of anilines is 3. The first-order chi connectivity index (χ1) is 27.4. The molecule has 4 nitrogen and oxygen atoms in total. The zero-order valence-corrected chi connectivity index (χ0v) is 31.3. The van der Waals surface area contributed by atoms with E-state index in [0.29, 0.717) is 5.71 Å². The lowest BCUT2D eigenvalue weighted by Crippen LogP contribution is -2.26. The monoisotopic (exact) mass is 720 g/mol. The predicted molar refractivity (Wildman–Crippen MR) is 228 cm³/mol. The topological polar surface area (TPSA) is 42.4 Å². The molecule has 0 bridgehead atoms. The average Bonchev–Trinajstić information content (AvgIpc) is 3.96. The lowest BCUT2D eigenvalue weighted by molar-refractivity contribution is 0.590. The van der Waals surface area contributed by atoms with Crippen LogP contribution in [-0.4, -0.2) is 4.98 Å². The molecular weight excluding hydrogens is 685 g/mol. The summed E-state index contributed by atoms with van der Waals surface area (Å²) in [6, 6.07) is 57.4. The third kappa shape index (κ3) is 4.05. The molecule has 0 saturated carbocycles. The fraction of sp³-hybridized carbons (Fsp3) is 0.0962. The molecule has 0 aliphatic heterocycles. The molecule has 7 aromatic carbocycles. The zero-order valence-electron chi connectivity index (χ0n) is 31.3. The quantitative estimate of drug-likeness (QED) is 0.182. The molecule has 3 heterocycles. The Labute approximate surface area is 324 Å². The van der Waals surface area contributed by atoms with Gasteiger partial charge in [0, 0.05) is 40.0 Å². The van der Waals surface area contributed by atoms with Crippen LogP contribution in [0, 0.1) is 0 Å². The summed E-state index contributed by atoms with van der Waals surface area (Å²) in [7, 11) is 0. The van der Waals surface area contributed by atoms with E-state index in [1.807, 2.05) is 24.4 Å². The van der Waals surface area contributed by atoms with Crippen LogP contribution in [0.25, 0.3) is 66.3 Å². The van der Waals surface area contributed by atoms with Crippen LogP contribution < -0.4 is 4.90 Å². The number of benzene rings is 7. The Morgan fingerprint density at radius 1 is 0.518 bits per heavy atom. The van der Waals surface area contributed by atoms with Crippen LogP contribution in [0.15, 0.2) is 173 Å². The van der Waals surface area contributed by atoms with Crippen molar-refractivity contribution in [2.45, 2.75) is 31.6 Å². The number of fused-ring (bicyclic) bond motifs is 17. The van der Waals surface area contributed by atoms with Gasteiger partial charge in [-0.15, -0.1) is 0 Å². The summed E-state index contributed by atoms with van der Waals surface area (Å²) in [5, 5.41) is 4.22. The second kappa shape index (κ2) is 11.1. The number of aromatic nitrogens is 1. The van der Waals surface area contributed by atoms with Crippen LogP contribution in [0.5, 0.6) is 0 Å². The third-order valence-electron chi connectivity index (χ3n) is 12.3. The zero-order chi connectivity index (χ0) is 37.3. The lowest BCUT2D eigenvalue weighted by Gasteiger charge is -2.32. The maximum Gasteiger partial charge on any atom is 0.227 e. The van der Waals surface area contributed by atoms with Crippen LogP contribution in [0.3, 0.4) is 0 Å². The van der Waals surface area contributed by atoms with Gasteiger partial charge in [-0.1, -0.05) is 124 Å². The number of pyridine rings is 1. The standard InChI is InChI=1S/C52H36N2O2/c1-51(2,3)31-22-24-32(25-23-31)54(33-26-27-37-36-15-7-11-21-45(36)55-46(37)29-33)44-30-43-47(49-48(44)39-17-12-28-53-50(39)56-49)38-16-6-10-20-42(38)52(43)40-18-8-4-13-34(40)35-14-5-9-19-41(35)52/h4-30H,1-3H3. The SMILES string of the molecule is CC(C)(C)c1ccc(N(c2ccc3c(c2)oc2ccccc23)c2cc3c(c4oc5ncccc5c24)-c2ccccc2C32c3ccccc3-c3ccccc32)cc1. The predicted octanol–water partition coefficient (Wildman–Crippen LogP) is 14.0. The fourth-order valence-corrected chi connectivity index (χ4v) is 9.89. The van der Waals surface area contributed by atoms with Crippen LogP contribution in [-0.2, 0) is 10.8 Å². The van der Waals surface area contributed by atoms with Gasteiger partial charge in [-0.25, -0.2) is 4.98 Å². The first-order valence-corrected chi connectivity index (χ1v) is 19.4. The molecule has 0 unspecified atom stereocenters. The highest BCUT2D eigenvalue weighted by atomic mass is 16.3. The summed E-state index contributed by atoms with van der Waals surface area (Å²) < 4.78 is 13.5. The molecule has 2 aliphatic carbocycles. The molecule has 0 amide bonds. The van der Waals surface area contributed by atoms with Gasteiger partial charge in [0.05, 0.1) is 21.9 Å². The minimum Gasteiger partial charge on any atom is -0.456 e. The molecule has 2 aliphatic rings. The number of hydrogen-bond donors (Lipinski definition) is 0. The van der Waals surface area contributed by atoms with E-state index in [1.54, 1.807) is 0 Å². The van der Waals surface area contributed by atoms with E-state index in [0.717, 1.165) is 60.9 Å². The molecule has 0 N–H and O–H groups in total. The molecular formula is C52H36N2O2. The highest BCUT2D eigenvalue weighted by Gasteiger charge is 2.53. The summed E-state index contributed by atoms with van der Waals surface area (Å²) in [4.78, 5) is 7.21. The largest absolute Gasteiger partial charge is 0.456 e. The van der Waals surface area contributed by atoms with Gasteiger partial charge < -0.3 is 13.7 Å². The summed E-state index contributed by atoms with van der Waals surface area (Å²) in [6.07, 6.45) is 1.82. The Morgan fingerprint density at radius 3 is 1.86 bits per heavy atom. The van der Waals surface area contributed by atoms with Gasteiger partial charge in [-0.3, -0.25) is 0 Å². The molecule has 266 valence electrons. The maximum atomic E-state index is 7.01. The summed E-state index contributed by atoms with van der Waals surface area (Å²) in [5.74, 6) is 0. The second-order valence-electron chi connectivity index (χ2n) is 16.3. The van der Waals surface area contributed by atoms with Crippen molar-refractivity contribution >= 4 is 61.1 Å². The summed E-state index contributed by atoms with van der Waals surface area (Å²) in [6.45, 7) is 6.79. The molecule has 0 saturated heterocycles. The van der Waals surface area contributed by atoms with Crippen molar-refractivity contribution < 1.29 is 8.83 Å². The van der Waals surface area contributed by atoms with Gasteiger partial charge in [0.2, 0.25) is 5.71 Å². The minimum atomic E-state index is -0.557. The van der Waals surface area contributed by atoms with Crippen molar-refractivity contribution in [1.82, 2.24) is 4.98 Å². The van der Waals surface area contributed by atoms with Crippen LogP contribution in [0.1, 0.15) is 48.6 Å². The van der Waals surface area contributed by atoms with Gasteiger partial charge >= 0.3 is 0 Å². The highest BCUT2D eigenvalue weighted by Crippen LogP contribution is 2.65. The number of para-hydroxylation sites is 1. The van der Waals surface area contributed by atoms with Gasteiger partial charge in [-0.05, 0) is 98.5 Å². The van der Waals surface area contributed by atoms with Crippen LogP contribution >= 0.6 is 0 Å². The van der Waals surface area contributed by atoms with Gasteiger partial charge in [0.25, 0.3) is 0 Å². The van der Waals surface area contributed by atoms with Gasteiger partial charge in [-0.2, -0.15) is 0 Å². The molecule has 4 heteroatoms. The van der Waals surface area contributed by atoms with E-state index >= 15 is 0 Å². The summed E-state index contributed by atoms with van der Waals surface area (Å²) in [5.41, 5.74) is 16.9. The lowest BCUT2D eigenvalue weighted by atomic mass is 9.70. The van der Waals surface area contributed by atoms with Crippen molar-refractivity contribution in [3.63, 3.8) is 0 Å². The van der Waals surface area contributed by atoms with E-state index < -0.39 is 5.41 Å². The Bertz CT molecular complexity index is 3200. The van der Waals surface area contributed by atoms with Crippen molar-refractivity contribution in [3.05, 3.63) is 192 Å². The van der Waals surface area contributed by atoms with Crippen LogP contribution in [0.2, 0.25) is 0 Å². The summed E-state index contributed by atoms with van der Waals surface area (Å²) >= 11 is 0. The Kier molecular flexibility index (Phi) is 6.22. The van der Waals surface area contributed by atoms with Crippen molar-refractivity contribution in [1.29, 1.82) is 0 Å². The molecule has 12 rings (SSSR count). The first kappa shape index (κ1) is 31.4. The van der Waals surface area contributed by atoms with E-state index in [1.165, 1.54) is 44.5 Å². The number of rotatable bonds is 3. The Morgan fingerprint density at radius 2 is 1.12 bits per heavy atom. The highest BCUT2D eigenvalue weighted by molar-refractivity contribution is 6.19. The number of nitrogens with zero attached hydrogens (tertiary/aromatic N) is 2. The molecule has 3 aromatic heterocycles. The second-order valence-corrected chi connectivity index (χ2v) is 16.3. The normalized spacial score (nSPS) is 13.8. The molecule has 10 aromatic rings. The van der Waals surface area contributed by atoms with E-state index in [-0.39, 0.29) is 5.41 Å². The fourth-order valence-electron chi connectivity index (χ4n) is 9.89. The van der Waals surface area contributed by atoms with Crippen molar-refractivity contribution in [2.75, 3.05) is 4.90 Å². The van der Waals surface area contributed by atoms with E-state index in [2.05, 4.69) is 165 Å². The van der Waals surface area contributed by atoms with Gasteiger partial charge in [0.15, 0.2) is 0 Å². The third-order valence-corrected chi connectivity index (χ3v) is 12.3. The number of hydrogen-bond acceptors (Lipinski definition) is 4. The molecule has 56 heavy (non-hydrogen) atoms. The van der Waals surface area contributed by atoms with Gasteiger partial charge in [0.1, 0.15) is 16.7 Å². The molecule has 0 radical (unpaired) electrons. The number of furan rings is 2. The first-order valence-electron chi connectivity index (χ1n) is 19.4. The van der Waals surface area contributed by atoms with E-state index in [9.17, 15) is 0 Å². The van der Waals surface area contributed by atoms with Crippen LogP contribution in [0.4, 0.5) is 17.1 Å². The maximum absolute atomic E-state index is 7.01. The Balaban J connectivity index is 1.24. The van der Waals surface area contributed by atoms with Crippen molar-refractivity contribution in [3.8, 4) is 22.3 Å². The average molecular weight is 721 g/mol. The molecule has 0 atom stereocenters. The smallest absolute Gasteiger partial charge is 0.227 e. The molecule has 1 spiro atoms. The van der Waals surface area contributed by atoms with E-state index in [4.69, 9.17) is 13.8 Å².